The molecule has 12 heteroatoms. The summed E-state index contributed by atoms with van der Waals surface area (Å²) in [5.74, 6) is -0.447. The number of carbonyl (C=O) groups is 1. The summed E-state index contributed by atoms with van der Waals surface area (Å²) in [6.45, 7) is 5.24. The average Bonchev–Trinajstić information content (AvgIpc) is 3.44. The van der Waals surface area contributed by atoms with Crippen LogP contribution >= 0.6 is 0 Å². The summed E-state index contributed by atoms with van der Waals surface area (Å²) in [6.07, 6.45) is 0.430. The molecule has 0 radical (unpaired) electrons. The van der Waals surface area contributed by atoms with Crippen LogP contribution in [0.1, 0.15) is 37.6 Å². The zero-order chi connectivity index (χ0) is 28.8. The van der Waals surface area contributed by atoms with E-state index in [0.717, 1.165) is 11.8 Å². The lowest BCUT2D eigenvalue weighted by atomic mass is 10.0. The zero-order valence-electron chi connectivity index (χ0n) is 22.0. The first kappa shape index (κ1) is 27.0. The minimum Gasteiger partial charge on any atom is -0.443 e. The highest BCUT2D eigenvalue weighted by atomic mass is 19.4. The maximum atomic E-state index is 14.4. The van der Waals surface area contributed by atoms with E-state index in [1.165, 1.54) is 34.6 Å². The summed E-state index contributed by atoms with van der Waals surface area (Å²) in [5.41, 5.74) is 1.13. The van der Waals surface area contributed by atoms with Crippen LogP contribution in [-0.2, 0) is 24.4 Å². The fourth-order valence-corrected chi connectivity index (χ4v) is 4.21. The number of halogens is 4. The van der Waals surface area contributed by atoms with Gasteiger partial charge in [0.15, 0.2) is 11.5 Å². The number of hydrogen-bond acceptors (Lipinski definition) is 6. The van der Waals surface area contributed by atoms with Gasteiger partial charge in [-0.2, -0.15) is 17.6 Å². The standard InChI is InChI=1S/C28H24F4N6O2/c1-27(2,3)40-26(39)38-14-18(22-20(38)13-34-24(36-22)19-6-5-11-33-23(19)29)12-16-7-9-17(10-8-16)25-35-21(15-37(25)4)28(30,31)32/h5-11,13-15H,12H2,1-4H3. The molecule has 0 fully saturated rings. The maximum Gasteiger partial charge on any atom is 0.434 e. The Morgan fingerprint density at radius 3 is 2.35 bits per heavy atom. The second-order valence-corrected chi connectivity index (χ2v) is 10.2. The number of pyridine rings is 1. The van der Waals surface area contributed by atoms with Gasteiger partial charge >= 0.3 is 12.3 Å². The van der Waals surface area contributed by atoms with E-state index in [-0.39, 0.29) is 17.2 Å². The Morgan fingerprint density at radius 1 is 1.00 bits per heavy atom. The van der Waals surface area contributed by atoms with Crippen LogP contribution in [0.25, 0.3) is 33.8 Å². The number of carbonyl (C=O) groups excluding carboxylic acids is 1. The van der Waals surface area contributed by atoms with Crippen molar-refractivity contribution in [2.24, 2.45) is 7.05 Å². The van der Waals surface area contributed by atoms with Crippen molar-refractivity contribution < 1.29 is 27.1 Å². The highest BCUT2D eigenvalue weighted by Gasteiger charge is 2.34. The molecule has 0 saturated carbocycles. The maximum absolute atomic E-state index is 14.4. The minimum atomic E-state index is -4.54. The van der Waals surface area contributed by atoms with Crippen LogP contribution in [0.3, 0.4) is 0 Å². The van der Waals surface area contributed by atoms with Crippen LogP contribution in [0, 0.1) is 5.95 Å². The molecule has 0 bridgehead atoms. The molecule has 0 amide bonds. The van der Waals surface area contributed by atoms with E-state index in [1.807, 2.05) is 0 Å². The molecule has 0 spiro atoms. The molecule has 0 atom stereocenters. The predicted octanol–water partition coefficient (Wildman–Crippen LogP) is 6.43. The van der Waals surface area contributed by atoms with Crippen molar-refractivity contribution in [2.75, 3.05) is 0 Å². The van der Waals surface area contributed by atoms with Crippen molar-refractivity contribution in [3.8, 4) is 22.8 Å². The first-order valence-electron chi connectivity index (χ1n) is 12.2. The third-order valence-corrected chi connectivity index (χ3v) is 5.98. The molecule has 4 heterocycles. The second-order valence-electron chi connectivity index (χ2n) is 10.2. The van der Waals surface area contributed by atoms with Gasteiger partial charge in [0, 0.05) is 43.2 Å². The number of imidazole rings is 1. The summed E-state index contributed by atoms with van der Waals surface area (Å²) in [4.78, 5) is 29.2. The third-order valence-electron chi connectivity index (χ3n) is 5.98. The Morgan fingerprint density at radius 2 is 1.73 bits per heavy atom. The number of rotatable bonds is 4. The Bertz CT molecular complexity index is 1720. The molecular formula is C28H24F4N6O2. The van der Waals surface area contributed by atoms with E-state index >= 15 is 0 Å². The SMILES string of the molecule is Cn1cc(C(F)(F)F)nc1-c1ccc(Cc2cn(C(=O)OC(C)(C)C)c3cnc(-c4cccnc4F)nc23)cc1. The summed E-state index contributed by atoms with van der Waals surface area (Å²) < 4.78 is 61.8. The van der Waals surface area contributed by atoms with Gasteiger partial charge in [0.2, 0.25) is 5.95 Å². The third kappa shape index (κ3) is 5.42. The molecule has 206 valence electrons. The fourth-order valence-electron chi connectivity index (χ4n) is 4.21. The first-order valence-corrected chi connectivity index (χ1v) is 12.2. The van der Waals surface area contributed by atoms with Crippen molar-refractivity contribution in [1.29, 1.82) is 0 Å². The Labute approximate surface area is 226 Å². The van der Waals surface area contributed by atoms with Crippen LogP contribution in [0.4, 0.5) is 22.4 Å². The van der Waals surface area contributed by atoms with Gasteiger partial charge in [-0.15, -0.1) is 0 Å². The molecule has 5 aromatic rings. The molecule has 0 unspecified atom stereocenters. The topological polar surface area (TPSA) is 87.7 Å². The van der Waals surface area contributed by atoms with E-state index in [9.17, 15) is 22.4 Å². The van der Waals surface area contributed by atoms with Crippen LogP contribution in [0.15, 0.2) is 61.2 Å². The number of ether oxygens (including phenoxy) is 1. The minimum absolute atomic E-state index is 0.104. The van der Waals surface area contributed by atoms with Gasteiger partial charge in [-0.1, -0.05) is 24.3 Å². The van der Waals surface area contributed by atoms with Gasteiger partial charge in [0.05, 0.1) is 22.8 Å². The van der Waals surface area contributed by atoms with Crippen molar-refractivity contribution in [1.82, 2.24) is 29.1 Å². The zero-order valence-corrected chi connectivity index (χ0v) is 22.0. The Balaban J connectivity index is 1.53. The molecule has 0 saturated heterocycles. The quantitative estimate of drug-likeness (QED) is 0.189. The van der Waals surface area contributed by atoms with Crippen LogP contribution in [0.2, 0.25) is 0 Å². The van der Waals surface area contributed by atoms with Crippen molar-refractivity contribution in [2.45, 2.75) is 39.0 Å². The van der Waals surface area contributed by atoms with Gasteiger partial charge < -0.3 is 9.30 Å². The normalized spacial score (nSPS) is 12.2. The number of aromatic nitrogens is 6. The average molecular weight is 553 g/mol. The van der Waals surface area contributed by atoms with Crippen molar-refractivity contribution in [3.05, 3.63) is 84.0 Å². The monoisotopic (exact) mass is 552 g/mol. The van der Waals surface area contributed by atoms with Crippen LogP contribution in [0.5, 0.6) is 0 Å². The second kappa shape index (κ2) is 9.85. The molecule has 0 aliphatic rings. The molecule has 0 aliphatic heterocycles. The fraction of sp³-hybridized carbons (Fsp3) is 0.250. The van der Waals surface area contributed by atoms with Gasteiger partial charge in [-0.25, -0.2) is 29.3 Å². The van der Waals surface area contributed by atoms with Gasteiger partial charge in [-0.05, 0) is 38.5 Å². The van der Waals surface area contributed by atoms with E-state index in [1.54, 1.807) is 57.3 Å². The van der Waals surface area contributed by atoms with E-state index < -0.39 is 29.5 Å². The van der Waals surface area contributed by atoms with Crippen molar-refractivity contribution >= 4 is 17.1 Å². The number of alkyl halides is 3. The van der Waals surface area contributed by atoms with Crippen LogP contribution < -0.4 is 0 Å². The van der Waals surface area contributed by atoms with Gasteiger partial charge in [-0.3, -0.25) is 0 Å². The summed E-state index contributed by atoms with van der Waals surface area (Å²) in [6, 6.07) is 9.95. The first-order chi connectivity index (χ1) is 18.8. The molecule has 0 aliphatic carbocycles. The van der Waals surface area contributed by atoms with E-state index in [2.05, 4.69) is 19.9 Å². The number of benzene rings is 1. The van der Waals surface area contributed by atoms with Crippen molar-refractivity contribution in [3.63, 3.8) is 0 Å². The Hall–Kier alpha value is -4.61. The summed E-state index contributed by atoms with van der Waals surface area (Å²) >= 11 is 0. The van der Waals surface area contributed by atoms with E-state index in [4.69, 9.17) is 4.74 Å². The molecule has 1 aromatic carbocycles. The molecule has 0 N–H and O–H groups in total. The lowest BCUT2D eigenvalue weighted by molar-refractivity contribution is -0.140. The van der Waals surface area contributed by atoms with Gasteiger partial charge in [0.25, 0.3) is 0 Å². The lowest BCUT2D eigenvalue weighted by Crippen LogP contribution is -2.26. The summed E-state index contributed by atoms with van der Waals surface area (Å²) in [7, 11) is 1.50. The highest BCUT2D eigenvalue weighted by Crippen LogP contribution is 2.31. The number of fused-ring (bicyclic) bond motifs is 1. The molecular weight excluding hydrogens is 528 g/mol. The Kier molecular flexibility index (Phi) is 6.64. The molecule has 4 aromatic heterocycles. The largest absolute Gasteiger partial charge is 0.443 e. The number of aryl methyl sites for hydroxylation is 1. The number of hydrogen-bond donors (Lipinski definition) is 0. The lowest BCUT2D eigenvalue weighted by Gasteiger charge is -2.19. The van der Waals surface area contributed by atoms with Crippen LogP contribution in [-0.4, -0.2) is 40.8 Å². The smallest absolute Gasteiger partial charge is 0.434 e. The van der Waals surface area contributed by atoms with Gasteiger partial charge in [0.1, 0.15) is 11.4 Å². The van der Waals surface area contributed by atoms with E-state index in [0.29, 0.717) is 28.6 Å². The predicted molar refractivity (Wildman–Crippen MR) is 139 cm³/mol. The molecule has 8 nitrogen and oxygen atoms in total. The molecule has 40 heavy (non-hydrogen) atoms. The summed E-state index contributed by atoms with van der Waals surface area (Å²) in [5, 5.41) is 0. The number of nitrogens with zero attached hydrogens (tertiary/aromatic N) is 6. The highest BCUT2D eigenvalue weighted by molar-refractivity contribution is 5.90. The molecule has 5 rings (SSSR count).